The van der Waals surface area contributed by atoms with Crippen molar-refractivity contribution < 1.29 is 13.2 Å². The van der Waals surface area contributed by atoms with Crippen LogP contribution in [0.4, 0.5) is 11.8 Å². The molecule has 1 saturated heterocycles. The second kappa shape index (κ2) is 11.0. The number of aromatic nitrogens is 3. The zero-order valence-electron chi connectivity index (χ0n) is 20.0. The smallest absolute Gasteiger partial charge is 0.264 e. The fraction of sp³-hybridized carbons (Fsp3) is 0.154. The van der Waals surface area contributed by atoms with Gasteiger partial charge in [0.25, 0.3) is 10.0 Å². The minimum absolute atomic E-state index is 0.0407. The number of rotatable bonds is 7. The van der Waals surface area contributed by atoms with Crippen LogP contribution in [0, 0.1) is 11.3 Å². The minimum atomic E-state index is -4.02. The van der Waals surface area contributed by atoms with Gasteiger partial charge in [0.1, 0.15) is 23.4 Å². The lowest BCUT2D eigenvalue weighted by molar-refractivity contribution is 0.482. The lowest BCUT2D eigenvalue weighted by atomic mass is 10.1. The van der Waals surface area contributed by atoms with Gasteiger partial charge in [-0.05, 0) is 60.2 Å². The number of halogens is 1. The van der Waals surface area contributed by atoms with Crippen molar-refractivity contribution >= 4 is 33.4 Å². The quantitative estimate of drug-likeness (QED) is 0.351. The third-order valence-corrected chi connectivity index (χ3v) is 7.39. The molecule has 0 spiro atoms. The van der Waals surface area contributed by atoms with Gasteiger partial charge in [-0.25, -0.2) is 28.1 Å². The number of ether oxygens (including phenoxy) is 1. The van der Waals surface area contributed by atoms with E-state index in [1.807, 2.05) is 18.2 Å². The molecule has 10 nitrogen and oxygen atoms in total. The normalized spacial score (nSPS) is 13.5. The lowest BCUT2D eigenvalue weighted by Gasteiger charge is -2.28. The number of piperazine rings is 1. The number of nitrogens with zero attached hydrogens (tertiary/aromatic N) is 5. The molecule has 3 heterocycles. The van der Waals surface area contributed by atoms with Crippen LogP contribution in [0.2, 0.25) is 5.02 Å². The maximum absolute atomic E-state index is 12.8. The van der Waals surface area contributed by atoms with E-state index in [4.69, 9.17) is 16.3 Å². The molecule has 4 aromatic rings. The average molecular weight is 548 g/mol. The maximum Gasteiger partial charge on any atom is 0.264 e. The van der Waals surface area contributed by atoms with Gasteiger partial charge in [-0.15, -0.1) is 0 Å². The topological polar surface area (TPSA) is 133 Å². The molecule has 0 aliphatic carbocycles. The second-order valence-electron chi connectivity index (χ2n) is 8.33. The summed E-state index contributed by atoms with van der Waals surface area (Å²) in [5.74, 6) is 1.42. The van der Waals surface area contributed by atoms with E-state index in [0.29, 0.717) is 16.3 Å². The van der Waals surface area contributed by atoms with Crippen LogP contribution in [0.1, 0.15) is 5.56 Å². The molecule has 2 N–H and O–H groups in total. The molecule has 0 unspecified atom stereocenters. The van der Waals surface area contributed by atoms with Crippen LogP contribution in [0.5, 0.6) is 11.5 Å². The first-order chi connectivity index (χ1) is 18.4. The third-order valence-electron chi connectivity index (χ3n) is 5.83. The molecule has 0 saturated carbocycles. The highest BCUT2D eigenvalue weighted by Gasteiger charge is 2.20. The summed E-state index contributed by atoms with van der Waals surface area (Å²) in [6, 6.07) is 16.6. The summed E-state index contributed by atoms with van der Waals surface area (Å²) in [6.07, 6.45) is 4.57. The van der Waals surface area contributed by atoms with E-state index in [9.17, 15) is 13.7 Å². The molecule has 2 aromatic carbocycles. The van der Waals surface area contributed by atoms with E-state index < -0.39 is 10.0 Å². The van der Waals surface area contributed by atoms with E-state index in [2.05, 4.69) is 29.9 Å². The molecule has 192 valence electrons. The molecule has 0 amide bonds. The predicted octanol–water partition coefficient (Wildman–Crippen LogP) is 4.07. The molecule has 1 aliphatic rings. The van der Waals surface area contributed by atoms with E-state index in [-0.39, 0.29) is 22.2 Å². The van der Waals surface area contributed by atoms with Crippen LogP contribution >= 0.6 is 11.6 Å². The summed E-state index contributed by atoms with van der Waals surface area (Å²) in [6.45, 7) is 3.46. The highest BCUT2D eigenvalue weighted by molar-refractivity contribution is 7.92. The average Bonchev–Trinajstić information content (AvgIpc) is 2.95. The van der Waals surface area contributed by atoms with Gasteiger partial charge in [-0.2, -0.15) is 5.26 Å². The van der Waals surface area contributed by atoms with Crippen LogP contribution in [0.15, 0.2) is 78.1 Å². The van der Waals surface area contributed by atoms with Gasteiger partial charge < -0.3 is 15.0 Å². The third kappa shape index (κ3) is 5.68. The molecule has 12 heteroatoms. The van der Waals surface area contributed by atoms with Gasteiger partial charge >= 0.3 is 0 Å². The Morgan fingerprint density at radius 1 is 0.974 bits per heavy atom. The van der Waals surface area contributed by atoms with Crippen molar-refractivity contribution in [2.24, 2.45) is 0 Å². The molecule has 5 rings (SSSR count). The van der Waals surface area contributed by atoms with Crippen molar-refractivity contribution in [3.05, 3.63) is 83.8 Å². The first-order valence-corrected chi connectivity index (χ1v) is 13.5. The maximum atomic E-state index is 12.8. The number of hydrogen-bond donors (Lipinski definition) is 2. The van der Waals surface area contributed by atoms with Crippen LogP contribution in [-0.2, 0) is 10.0 Å². The van der Waals surface area contributed by atoms with Gasteiger partial charge in [0, 0.05) is 55.4 Å². The van der Waals surface area contributed by atoms with Crippen LogP contribution in [0.3, 0.4) is 0 Å². The molecule has 2 aromatic heterocycles. The summed E-state index contributed by atoms with van der Waals surface area (Å²) in [5.41, 5.74) is 1.59. The Kier molecular flexibility index (Phi) is 7.37. The van der Waals surface area contributed by atoms with E-state index in [0.717, 1.165) is 37.6 Å². The highest BCUT2D eigenvalue weighted by Crippen LogP contribution is 2.38. The number of anilines is 2. The molecule has 0 radical (unpaired) electrons. The number of benzene rings is 2. The first-order valence-electron chi connectivity index (χ1n) is 11.7. The number of hydrogen-bond acceptors (Lipinski definition) is 9. The molecule has 0 atom stereocenters. The molecule has 1 aliphatic heterocycles. The van der Waals surface area contributed by atoms with Gasteiger partial charge in [-0.3, -0.25) is 0 Å². The van der Waals surface area contributed by atoms with Gasteiger partial charge in [0.2, 0.25) is 5.95 Å². The highest BCUT2D eigenvalue weighted by atomic mass is 35.5. The number of nitriles is 1. The largest absolute Gasteiger partial charge is 0.455 e. The Bertz CT molecular complexity index is 1610. The Balaban J connectivity index is 1.45. The van der Waals surface area contributed by atoms with E-state index in [1.54, 1.807) is 30.5 Å². The lowest BCUT2D eigenvalue weighted by Crippen LogP contribution is -2.43. The Hall–Kier alpha value is -4.24. The van der Waals surface area contributed by atoms with E-state index >= 15 is 0 Å². The minimum Gasteiger partial charge on any atom is -0.455 e. The second-order valence-corrected chi connectivity index (χ2v) is 10.4. The molecule has 1 fully saturated rings. The Morgan fingerprint density at radius 2 is 1.74 bits per heavy atom. The monoisotopic (exact) mass is 547 g/mol. The zero-order valence-corrected chi connectivity index (χ0v) is 21.6. The number of nitrogens with one attached hydrogen (secondary N) is 2. The van der Waals surface area contributed by atoms with Crippen molar-refractivity contribution in [1.82, 2.24) is 20.3 Å². The van der Waals surface area contributed by atoms with Crippen molar-refractivity contribution in [1.29, 1.82) is 5.26 Å². The number of pyridine rings is 1. The fourth-order valence-corrected chi connectivity index (χ4v) is 5.13. The van der Waals surface area contributed by atoms with Crippen LogP contribution < -0.4 is 19.7 Å². The molecular formula is C26H22ClN7O3S. The molecular weight excluding hydrogens is 526 g/mol. The van der Waals surface area contributed by atoms with Crippen LogP contribution in [0.25, 0.3) is 11.1 Å². The predicted molar refractivity (Wildman–Crippen MR) is 144 cm³/mol. The standard InChI is InChI=1S/C26H22ClN7O3S/c27-20-2-4-24(22(16-20)18-6-9-30-25(15-18)34-12-10-29-11-13-34)37-23-5-3-21(14-19(23)17-28)38(35,36)33-26-31-7-1-8-32-26/h1-9,14-16,29H,10-13H2,(H,31,32,33). The van der Waals surface area contributed by atoms with Crippen molar-refractivity contribution in [2.45, 2.75) is 4.90 Å². The summed E-state index contributed by atoms with van der Waals surface area (Å²) in [5, 5.41) is 13.6. The van der Waals surface area contributed by atoms with Gasteiger partial charge in [0.05, 0.1) is 10.5 Å². The summed E-state index contributed by atoms with van der Waals surface area (Å²) >= 11 is 6.33. The molecule has 38 heavy (non-hydrogen) atoms. The molecule has 0 bridgehead atoms. The first kappa shape index (κ1) is 25.4. The summed E-state index contributed by atoms with van der Waals surface area (Å²) < 4.78 is 34.1. The van der Waals surface area contributed by atoms with E-state index in [1.165, 1.54) is 30.6 Å². The number of sulfonamides is 1. The Labute approximate surface area is 225 Å². The van der Waals surface area contributed by atoms with Crippen LogP contribution in [-0.4, -0.2) is 49.5 Å². The van der Waals surface area contributed by atoms with Gasteiger partial charge in [-0.1, -0.05) is 11.6 Å². The SMILES string of the molecule is N#Cc1cc(S(=O)(=O)Nc2ncccn2)ccc1Oc1ccc(Cl)cc1-c1ccnc(N2CCNCC2)c1. The summed E-state index contributed by atoms with van der Waals surface area (Å²) in [7, 11) is -4.02. The zero-order chi connectivity index (χ0) is 26.5. The Morgan fingerprint density at radius 3 is 2.50 bits per heavy atom. The van der Waals surface area contributed by atoms with Crippen molar-refractivity contribution in [3.63, 3.8) is 0 Å². The van der Waals surface area contributed by atoms with Gasteiger partial charge in [0.15, 0.2) is 0 Å². The van der Waals surface area contributed by atoms with Crippen molar-refractivity contribution in [3.8, 4) is 28.7 Å². The fourth-order valence-electron chi connectivity index (χ4n) is 3.97. The summed E-state index contributed by atoms with van der Waals surface area (Å²) in [4.78, 5) is 14.3. The van der Waals surface area contributed by atoms with Crippen molar-refractivity contribution in [2.75, 3.05) is 35.8 Å².